The van der Waals surface area contributed by atoms with Gasteiger partial charge in [0.1, 0.15) is 0 Å². The lowest BCUT2D eigenvalue weighted by Gasteiger charge is -2.23. The van der Waals surface area contributed by atoms with Crippen molar-refractivity contribution in [3.8, 4) is 0 Å². The first-order valence-electron chi connectivity index (χ1n) is 7.99. The fourth-order valence-electron chi connectivity index (χ4n) is 2.45. The van der Waals surface area contributed by atoms with Crippen LogP contribution in [-0.4, -0.2) is 24.1 Å². The van der Waals surface area contributed by atoms with E-state index in [4.69, 9.17) is 4.98 Å². The van der Waals surface area contributed by atoms with E-state index < -0.39 is 0 Å². The monoisotopic (exact) mass is 295 g/mol. The summed E-state index contributed by atoms with van der Waals surface area (Å²) in [4.78, 5) is 8.96. The van der Waals surface area contributed by atoms with Crippen molar-refractivity contribution in [1.82, 2.24) is 10.3 Å². The van der Waals surface area contributed by atoms with E-state index in [-0.39, 0.29) is 0 Å². The van der Waals surface area contributed by atoms with Crippen LogP contribution in [-0.2, 0) is 6.54 Å². The zero-order valence-electron chi connectivity index (χ0n) is 13.6. The molecule has 4 heteroatoms. The number of rotatable bonds is 8. The van der Waals surface area contributed by atoms with Gasteiger partial charge in [-0.2, -0.15) is 0 Å². The number of thiazole rings is 1. The average Bonchev–Trinajstić information content (AvgIpc) is 3.12. The molecular formula is C16H29N3S. The molecule has 0 aromatic carbocycles. The molecule has 1 saturated carbocycles. The molecule has 1 fully saturated rings. The van der Waals surface area contributed by atoms with Gasteiger partial charge >= 0.3 is 0 Å². The van der Waals surface area contributed by atoms with Crippen molar-refractivity contribution >= 4 is 16.5 Å². The summed E-state index contributed by atoms with van der Waals surface area (Å²) in [7, 11) is 0. The first kappa shape index (κ1) is 15.8. The Balaban J connectivity index is 2.20. The van der Waals surface area contributed by atoms with Gasteiger partial charge in [-0.1, -0.05) is 34.6 Å². The number of hydrogen-bond acceptors (Lipinski definition) is 4. The number of hydrogen-bond donors (Lipinski definition) is 1. The summed E-state index contributed by atoms with van der Waals surface area (Å²) in [5.74, 6) is 1.20. The maximum absolute atomic E-state index is 4.98. The predicted molar refractivity (Wildman–Crippen MR) is 88.8 cm³/mol. The Kier molecular flexibility index (Phi) is 5.44. The number of nitrogens with zero attached hydrogens (tertiary/aromatic N) is 2. The highest BCUT2D eigenvalue weighted by Crippen LogP contribution is 2.37. The summed E-state index contributed by atoms with van der Waals surface area (Å²) in [6.07, 6.45) is 2.68. The van der Waals surface area contributed by atoms with Crippen molar-refractivity contribution in [2.24, 2.45) is 5.92 Å². The third-order valence-corrected chi connectivity index (χ3v) is 4.70. The second-order valence-corrected chi connectivity index (χ2v) is 7.58. The van der Waals surface area contributed by atoms with Crippen LogP contribution in [0, 0.1) is 5.92 Å². The Morgan fingerprint density at radius 1 is 1.30 bits per heavy atom. The van der Waals surface area contributed by atoms with Crippen molar-refractivity contribution in [1.29, 1.82) is 0 Å². The smallest absolute Gasteiger partial charge is 0.186 e. The lowest BCUT2D eigenvalue weighted by Crippen LogP contribution is -2.29. The summed E-state index contributed by atoms with van der Waals surface area (Å²) in [5.41, 5.74) is 1.29. The fraction of sp³-hybridized carbons (Fsp3) is 0.812. The number of anilines is 1. The van der Waals surface area contributed by atoms with E-state index in [9.17, 15) is 0 Å². The van der Waals surface area contributed by atoms with Gasteiger partial charge in [-0.15, -0.1) is 11.3 Å². The van der Waals surface area contributed by atoms with Gasteiger partial charge in [-0.3, -0.25) is 0 Å². The Bertz CT molecular complexity index is 421. The molecule has 0 aliphatic heterocycles. The van der Waals surface area contributed by atoms with Crippen LogP contribution in [0.2, 0.25) is 0 Å². The molecule has 1 N–H and O–H groups in total. The third-order valence-electron chi connectivity index (χ3n) is 3.59. The van der Waals surface area contributed by atoms with E-state index in [0.717, 1.165) is 25.7 Å². The zero-order chi connectivity index (χ0) is 14.7. The molecule has 0 saturated heterocycles. The quantitative estimate of drug-likeness (QED) is 0.785. The molecule has 1 aliphatic carbocycles. The highest BCUT2D eigenvalue weighted by molar-refractivity contribution is 7.15. The zero-order valence-corrected chi connectivity index (χ0v) is 14.4. The Morgan fingerprint density at radius 3 is 2.50 bits per heavy atom. The molecule has 1 aliphatic rings. The first-order chi connectivity index (χ1) is 9.52. The summed E-state index contributed by atoms with van der Waals surface area (Å²) in [5, 5.41) is 4.70. The van der Waals surface area contributed by atoms with Crippen molar-refractivity contribution in [3.63, 3.8) is 0 Å². The molecule has 2 rings (SSSR count). The minimum atomic E-state index is 0.508. The maximum atomic E-state index is 4.98. The summed E-state index contributed by atoms with van der Waals surface area (Å²) in [6, 6.07) is 0.746. The average molecular weight is 295 g/mol. The molecule has 1 aromatic rings. The molecule has 0 bridgehead atoms. The van der Waals surface area contributed by atoms with Crippen LogP contribution in [0.5, 0.6) is 0 Å². The van der Waals surface area contributed by atoms with E-state index in [1.807, 2.05) is 11.3 Å². The Labute approximate surface area is 127 Å². The molecule has 3 nitrogen and oxygen atoms in total. The van der Waals surface area contributed by atoms with Crippen molar-refractivity contribution in [2.75, 3.05) is 18.0 Å². The highest BCUT2D eigenvalue weighted by atomic mass is 32.1. The number of aromatic nitrogens is 1. The second-order valence-electron chi connectivity index (χ2n) is 6.52. The molecule has 114 valence electrons. The van der Waals surface area contributed by atoms with Gasteiger partial charge < -0.3 is 10.2 Å². The van der Waals surface area contributed by atoms with Gasteiger partial charge in [-0.05, 0) is 31.2 Å². The Hall–Kier alpha value is -0.610. The largest absolute Gasteiger partial charge is 0.345 e. The SMILES string of the molecule is CCNCc1sc(N(CC(C)C)C2CC2)nc1C(C)C. The van der Waals surface area contributed by atoms with E-state index in [2.05, 4.69) is 44.8 Å². The minimum Gasteiger partial charge on any atom is -0.345 e. The van der Waals surface area contributed by atoms with Crippen LogP contribution in [0.25, 0.3) is 0 Å². The fourth-order valence-corrected chi connectivity index (χ4v) is 3.72. The molecule has 20 heavy (non-hydrogen) atoms. The standard InChI is InChI=1S/C16H29N3S/c1-6-17-9-14-15(12(4)5)18-16(20-14)19(10-11(2)3)13-7-8-13/h11-13,17H,6-10H2,1-5H3. The first-order valence-corrected chi connectivity index (χ1v) is 8.81. The van der Waals surface area contributed by atoms with Gasteiger partial charge in [0, 0.05) is 24.0 Å². The van der Waals surface area contributed by atoms with Crippen molar-refractivity contribution < 1.29 is 0 Å². The van der Waals surface area contributed by atoms with E-state index in [0.29, 0.717) is 11.8 Å². The molecule has 1 aromatic heterocycles. The minimum absolute atomic E-state index is 0.508. The lowest BCUT2D eigenvalue weighted by atomic mass is 10.1. The van der Waals surface area contributed by atoms with Gasteiger partial charge in [0.15, 0.2) is 5.13 Å². The Morgan fingerprint density at radius 2 is 2.00 bits per heavy atom. The molecule has 0 unspecified atom stereocenters. The van der Waals surface area contributed by atoms with Crippen LogP contribution < -0.4 is 10.2 Å². The molecule has 0 radical (unpaired) electrons. The van der Waals surface area contributed by atoms with E-state index >= 15 is 0 Å². The van der Waals surface area contributed by atoms with E-state index in [1.54, 1.807) is 0 Å². The predicted octanol–water partition coefficient (Wildman–Crippen LogP) is 4.00. The highest BCUT2D eigenvalue weighted by Gasteiger charge is 2.32. The van der Waals surface area contributed by atoms with Crippen LogP contribution in [0.3, 0.4) is 0 Å². The van der Waals surface area contributed by atoms with Crippen LogP contribution >= 0.6 is 11.3 Å². The summed E-state index contributed by atoms with van der Waals surface area (Å²) < 4.78 is 0. The third kappa shape index (κ3) is 3.95. The molecule has 1 heterocycles. The molecular weight excluding hydrogens is 266 g/mol. The maximum Gasteiger partial charge on any atom is 0.186 e. The van der Waals surface area contributed by atoms with Crippen molar-refractivity contribution in [3.05, 3.63) is 10.6 Å². The molecule has 0 spiro atoms. The van der Waals surface area contributed by atoms with E-state index in [1.165, 1.54) is 28.5 Å². The van der Waals surface area contributed by atoms with Gasteiger partial charge in [-0.25, -0.2) is 4.98 Å². The topological polar surface area (TPSA) is 28.2 Å². The van der Waals surface area contributed by atoms with Gasteiger partial charge in [0.25, 0.3) is 0 Å². The summed E-state index contributed by atoms with van der Waals surface area (Å²) >= 11 is 1.90. The van der Waals surface area contributed by atoms with Crippen LogP contribution in [0.15, 0.2) is 0 Å². The lowest BCUT2D eigenvalue weighted by molar-refractivity contribution is 0.605. The molecule has 0 atom stereocenters. The normalized spacial score (nSPS) is 15.3. The van der Waals surface area contributed by atoms with Crippen LogP contribution in [0.1, 0.15) is 63.9 Å². The van der Waals surface area contributed by atoms with Gasteiger partial charge in [0.05, 0.1) is 5.69 Å². The van der Waals surface area contributed by atoms with Crippen molar-refractivity contribution in [2.45, 2.75) is 66.0 Å². The summed E-state index contributed by atoms with van der Waals surface area (Å²) in [6.45, 7) is 14.4. The van der Waals surface area contributed by atoms with Crippen LogP contribution in [0.4, 0.5) is 5.13 Å². The molecule has 0 amide bonds. The number of nitrogens with one attached hydrogen (secondary N) is 1. The second kappa shape index (κ2) is 6.90. The van der Waals surface area contributed by atoms with Gasteiger partial charge in [0.2, 0.25) is 0 Å².